The predicted octanol–water partition coefficient (Wildman–Crippen LogP) is 4.85. The van der Waals surface area contributed by atoms with Crippen molar-refractivity contribution >= 4 is 33.4 Å². The molecule has 3 rings (SSSR count). The maximum atomic E-state index is 12.7. The van der Waals surface area contributed by atoms with Crippen LogP contribution in [-0.4, -0.2) is 36.7 Å². The van der Waals surface area contributed by atoms with Crippen LogP contribution in [-0.2, 0) is 39.1 Å². The topological polar surface area (TPSA) is 112 Å². The Morgan fingerprint density at radius 1 is 1.02 bits per heavy atom. The van der Waals surface area contributed by atoms with Crippen LogP contribution in [0.4, 0.5) is 5.69 Å². The van der Waals surface area contributed by atoms with Gasteiger partial charge in [-0.1, -0.05) is 53.7 Å². The number of carbonyl (C=O) groups excluding carboxylic acids is 1. The average Bonchev–Trinajstić information content (AvgIpc) is 2.86. The van der Waals surface area contributed by atoms with Gasteiger partial charge in [0.05, 0.1) is 18.1 Å². The van der Waals surface area contributed by atoms with Crippen LogP contribution in [0.5, 0.6) is 5.75 Å². The van der Waals surface area contributed by atoms with E-state index in [9.17, 15) is 18.3 Å². The van der Waals surface area contributed by atoms with Crippen molar-refractivity contribution in [1.29, 1.82) is 0 Å². The van der Waals surface area contributed by atoms with E-state index in [4.69, 9.17) is 0 Å². The van der Waals surface area contributed by atoms with Gasteiger partial charge in [-0.15, -0.1) is 0 Å². The van der Waals surface area contributed by atoms with Gasteiger partial charge in [0.1, 0.15) is 11.9 Å². The number of hydrogen-bond donors (Lipinski definition) is 3. The lowest BCUT2D eigenvalue weighted by Crippen LogP contribution is -2.32. The number of nitrogens with zero attached hydrogens (tertiary/aromatic N) is 2. The summed E-state index contributed by atoms with van der Waals surface area (Å²) in [5.41, 5.74) is 2.77. The second-order valence-electron chi connectivity index (χ2n) is 11.9. The third-order valence-corrected chi connectivity index (χ3v) is 8.92. The Balaban J connectivity index is 1.57. The molecule has 3 aromatic rings. The van der Waals surface area contributed by atoms with Gasteiger partial charge in [-0.25, -0.2) is 17.7 Å². The summed E-state index contributed by atoms with van der Waals surface area (Å²) in [4.78, 5) is 17.1. The fraction of sp³-hybridized carbons (Fsp3) is 0.433. The third kappa shape index (κ3) is 8.52. The molecule has 40 heavy (non-hydrogen) atoms. The van der Waals surface area contributed by atoms with Crippen molar-refractivity contribution < 1.29 is 22.9 Å². The van der Waals surface area contributed by atoms with Gasteiger partial charge in [0, 0.05) is 30.5 Å². The second-order valence-corrected chi connectivity index (χ2v) is 14.7. The monoisotopic (exact) mass is 585 g/mol. The normalized spacial score (nSPS) is 12.4. The zero-order chi connectivity index (χ0) is 29.7. The van der Waals surface area contributed by atoms with E-state index in [1.165, 1.54) is 23.9 Å². The quantitative estimate of drug-likeness (QED) is 0.136. The fourth-order valence-corrected chi connectivity index (χ4v) is 6.10. The van der Waals surface area contributed by atoms with Crippen LogP contribution in [0.15, 0.2) is 64.9 Å². The number of carbonyl (C=O) groups is 1. The summed E-state index contributed by atoms with van der Waals surface area (Å²) in [6.45, 7) is 12.6. The highest BCUT2D eigenvalue weighted by Gasteiger charge is 2.26. The Labute approximate surface area is 242 Å². The number of anilines is 1. The molecular formula is C30H41N4O4S2+. The van der Waals surface area contributed by atoms with Crippen LogP contribution >= 0.6 is 11.8 Å². The van der Waals surface area contributed by atoms with Gasteiger partial charge in [-0.05, 0) is 75.0 Å². The molecule has 216 valence electrons. The number of aryl methyl sites for hydroxylation is 2. The molecule has 8 nitrogen and oxygen atoms in total. The largest absolute Gasteiger partial charge is 0.507 e. The van der Waals surface area contributed by atoms with Crippen LogP contribution in [0.25, 0.3) is 0 Å². The zero-order valence-electron chi connectivity index (χ0n) is 24.4. The number of aromatic hydroxyl groups is 1. The number of aromatic nitrogens is 2. The maximum absolute atomic E-state index is 12.7. The number of phenols is 1. The van der Waals surface area contributed by atoms with Crippen molar-refractivity contribution in [3.8, 4) is 5.75 Å². The minimum Gasteiger partial charge on any atom is -0.507 e. The van der Waals surface area contributed by atoms with Crippen molar-refractivity contribution in [2.45, 2.75) is 75.3 Å². The van der Waals surface area contributed by atoms with Gasteiger partial charge >= 0.3 is 5.16 Å². The van der Waals surface area contributed by atoms with Crippen molar-refractivity contribution in [2.75, 3.05) is 17.6 Å². The van der Waals surface area contributed by atoms with Gasteiger partial charge in [-0.2, -0.15) is 0 Å². The van der Waals surface area contributed by atoms with E-state index in [1.807, 2.05) is 36.0 Å². The van der Waals surface area contributed by atoms with E-state index in [0.717, 1.165) is 21.8 Å². The molecule has 10 heteroatoms. The zero-order valence-corrected chi connectivity index (χ0v) is 26.0. The lowest BCUT2D eigenvalue weighted by molar-refractivity contribution is -0.713. The molecule has 0 saturated carbocycles. The lowest BCUT2D eigenvalue weighted by Gasteiger charge is -2.28. The molecule has 0 aliphatic carbocycles. The van der Waals surface area contributed by atoms with Gasteiger partial charge in [-0.3, -0.25) is 4.79 Å². The Morgan fingerprint density at radius 2 is 1.62 bits per heavy atom. The first-order chi connectivity index (χ1) is 18.6. The maximum Gasteiger partial charge on any atom is 0.358 e. The van der Waals surface area contributed by atoms with Crippen LogP contribution < -0.4 is 14.6 Å². The number of benzene rings is 2. The standard InChI is InChI=1S/C30H40N4O4S2/c1-29(2,3)24-19-21(20-25(27(24)36)30(4,5)6)9-14-26(35)33-22-10-12-23(13-11-22)40(37,38)32-16-18-39-28-31-15-8-17-34(28)7/h8,10-13,15,17,19-20,32H,9,14,16,18H2,1-7H3,(H-,33,35,36)/p+1. The summed E-state index contributed by atoms with van der Waals surface area (Å²) in [7, 11) is -1.79. The highest BCUT2D eigenvalue weighted by Crippen LogP contribution is 2.40. The molecule has 0 unspecified atom stereocenters. The molecule has 0 saturated heterocycles. The number of phenolic OH excluding ortho intramolecular Hbond substituents is 1. The third-order valence-electron chi connectivity index (χ3n) is 6.38. The number of nitrogens with one attached hydrogen (secondary N) is 2. The van der Waals surface area contributed by atoms with Gasteiger partial charge in [0.2, 0.25) is 15.9 Å². The van der Waals surface area contributed by atoms with Crippen molar-refractivity contribution in [3.63, 3.8) is 0 Å². The number of sulfonamides is 1. The molecule has 0 bridgehead atoms. The smallest absolute Gasteiger partial charge is 0.358 e. The molecule has 0 atom stereocenters. The Hall–Kier alpha value is -2.95. The molecule has 0 aliphatic heterocycles. The summed E-state index contributed by atoms with van der Waals surface area (Å²) in [6, 6.07) is 11.9. The Morgan fingerprint density at radius 3 is 2.17 bits per heavy atom. The van der Waals surface area contributed by atoms with Gasteiger partial charge in [0.25, 0.3) is 0 Å². The molecule has 0 aliphatic rings. The summed E-state index contributed by atoms with van der Waals surface area (Å²) >= 11 is 1.46. The van der Waals surface area contributed by atoms with Crippen LogP contribution in [0, 0.1) is 0 Å². The average molecular weight is 586 g/mol. The molecule has 1 heterocycles. The van der Waals surface area contributed by atoms with E-state index >= 15 is 0 Å². The first kappa shape index (κ1) is 31.6. The van der Waals surface area contributed by atoms with Crippen LogP contribution in [0.2, 0.25) is 0 Å². The summed E-state index contributed by atoms with van der Waals surface area (Å²) in [5.74, 6) is 0.684. The molecule has 3 N–H and O–H groups in total. The Kier molecular flexibility index (Phi) is 10.0. The minimum absolute atomic E-state index is 0.132. The molecular weight excluding hydrogens is 544 g/mol. The van der Waals surface area contributed by atoms with E-state index in [-0.39, 0.29) is 34.6 Å². The van der Waals surface area contributed by atoms with Gasteiger partial charge < -0.3 is 10.4 Å². The number of rotatable bonds is 10. The van der Waals surface area contributed by atoms with Crippen LogP contribution in [0.3, 0.4) is 0 Å². The number of thioether (sulfide) groups is 1. The predicted molar refractivity (Wildman–Crippen MR) is 160 cm³/mol. The Bertz CT molecular complexity index is 1410. The first-order valence-electron chi connectivity index (χ1n) is 13.3. The second kappa shape index (κ2) is 12.7. The van der Waals surface area contributed by atoms with E-state index in [1.54, 1.807) is 18.3 Å². The van der Waals surface area contributed by atoms with Crippen molar-refractivity contribution in [2.24, 2.45) is 7.05 Å². The molecule has 0 fully saturated rings. The van der Waals surface area contributed by atoms with E-state index in [2.05, 4.69) is 56.6 Å². The van der Waals surface area contributed by atoms with Crippen LogP contribution in [0.1, 0.15) is 64.7 Å². The van der Waals surface area contributed by atoms with E-state index in [0.29, 0.717) is 23.6 Å². The van der Waals surface area contributed by atoms with Crippen molar-refractivity contribution in [3.05, 3.63) is 71.5 Å². The fourth-order valence-electron chi connectivity index (χ4n) is 4.15. The molecule has 0 radical (unpaired) electrons. The minimum atomic E-state index is -3.68. The van der Waals surface area contributed by atoms with E-state index < -0.39 is 10.0 Å². The number of hydrogen-bond acceptors (Lipinski definition) is 6. The summed E-state index contributed by atoms with van der Waals surface area (Å²) in [5, 5.41) is 14.6. The molecule has 0 spiro atoms. The summed E-state index contributed by atoms with van der Waals surface area (Å²) in [6.07, 6.45) is 4.36. The first-order valence-corrected chi connectivity index (χ1v) is 15.7. The number of amides is 1. The molecule has 2 aromatic carbocycles. The summed E-state index contributed by atoms with van der Waals surface area (Å²) < 4.78 is 29.8. The van der Waals surface area contributed by atoms with Crippen molar-refractivity contribution in [1.82, 2.24) is 9.71 Å². The lowest BCUT2D eigenvalue weighted by atomic mass is 9.78. The molecule has 1 amide bonds. The SMILES string of the molecule is C[n+]1cccnc1SCCNS(=O)(=O)c1ccc(NC(=O)CCc2cc(C(C)(C)C)c(O)c(C(C)(C)C)c2)cc1. The molecule has 1 aromatic heterocycles. The highest BCUT2D eigenvalue weighted by atomic mass is 32.2. The highest BCUT2D eigenvalue weighted by molar-refractivity contribution is 7.99. The van der Waals surface area contributed by atoms with Gasteiger partial charge in [0.15, 0.2) is 0 Å².